The van der Waals surface area contributed by atoms with Crippen molar-refractivity contribution < 1.29 is 9.47 Å². The molecule has 0 saturated heterocycles. The monoisotopic (exact) mass is 313 g/mol. The molecule has 0 unspecified atom stereocenters. The molecule has 0 atom stereocenters. The van der Waals surface area contributed by atoms with Crippen LogP contribution in [0.4, 0.5) is 5.69 Å². The Kier molecular flexibility index (Phi) is 2.93. The standard InChI is InChI=1S/C20H27NO2/c1-22-16-10-17-19(18(11-16)23-2)21-4-3-20(17)14-6-12-5-13(8-14)9-15(20)7-12/h10-15,21H,3-9H2,1-2H3. The minimum atomic E-state index is 0.371. The second-order valence-corrected chi connectivity index (χ2v) is 8.27. The smallest absolute Gasteiger partial charge is 0.145 e. The highest BCUT2D eigenvalue weighted by atomic mass is 16.5. The molecule has 1 heterocycles. The molecule has 3 nitrogen and oxygen atoms in total. The lowest BCUT2D eigenvalue weighted by atomic mass is 9.42. The lowest BCUT2D eigenvalue weighted by Crippen LogP contribution is -2.57. The Morgan fingerprint density at radius 2 is 1.65 bits per heavy atom. The fourth-order valence-electron chi connectivity index (χ4n) is 6.82. The fourth-order valence-corrected chi connectivity index (χ4v) is 6.82. The van der Waals surface area contributed by atoms with Crippen molar-refractivity contribution in [3.8, 4) is 11.5 Å². The highest BCUT2D eigenvalue weighted by Crippen LogP contribution is 2.66. The minimum Gasteiger partial charge on any atom is -0.497 e. The Labute approximate surface area is 138 Å². The number of anilines is 1. The van der Waals surface area contributed by atoms with Gasteiger partial charge in [-0.1, -0.05) is 0 Å². The maximum absolute atomic E-state index is 5.70. The molecule has 1 spiro atoms. The molecule has 124 valence electrons. The Morgan fingerprint density at radius 3 is 2.26 bits per heavy atom. The molecular formula is C20H27NO2. The number of hydrogen-bond acceptors (Lipinski definition) is 3. The van der Waals surface area contributed by atoms with E-state index in [0.717, 1.165) is 41.7 Å². The van der Waals surface area contributed by atoms with Gasteiger partial charge in [0.25, 0.3) is 0 Å². The number of hydrogen-bond donors (Lipinski definition) is 1. The number of methoxy groups -OCH3 is 2. The zero-order valence-corrected chi connectivity index (χ0v) is 14.2. The SMILES string of the molecule is COc1cc(OC)c2c(c1)C1(CCN2)C2CC3CC(C2)CC1C3. The highest BCUT2D eigenvalue weighted by Gasteiger charge is 2.59. The first-order chi connectivity index (χ1) is 11.2. The van der Waals surface area contributed by atoms with E-state index >= 15 is 0 Å². The van der Waals surface area contributed by atoms with Crippen LogP contribution in [0, 0.1) is 23.7 Å². The van der Waals surface area contributed by atoms with E-state index in [-0.39, 0.29) is 0 Å². The summed E-state index contributed by atoms with van der Waals surface area (Å²) in [7, 11) is 3.54. The van der Waals surface area contributed by atoms with E-state index < -0.39 is 0 Å². The Bertz CT molecular complexity index is 611. The molecule has 4 aliphatic carbocycles. The van der Waals surface area contributed by atoms with Gasteiger partial charge in [-0.25, -0.2) is 0 Å². The topological polar surface area (TPSA) is 30.5 Å². The third-order valence-corrected chi connectivity index (χ3v) is 7.47. The van der Waals surface area contributed by atoms with Gasteiger partial charge in [-0.05, 0) is 73.8 Å². The third-order valence-electron chi connectivity index (χ3n) is 7.47. The molecule has 23 heavy (non-hydrogen) atoms. The van der Waals surface area contributed by atoms with Gasteiger partial charge in [0.1, 0.15) is 11.5 Å². The van der Waals surface area contributed by atoms with E-state index in [4.69, 9.17) is 9.47 Å². The second kappa shape index (κ2) is 4.81. The van der Waals surface area contributed by atoms with E-state index in [1.807, 2.05) is 6.07 Å². The van der Waals surface area contributed by atoms with Gasteiger partial charge in [-0.3, -0.25) is 0 Å². The molecule has 1 aliphatic heterocycles. The van der Waals surface area contributed by atoms with Crippen LogP contribution in [0.2, 0.25) is 0 Å². The van der Waals surface area contributed by atoms with Crippen molar-refractivity contribution in [1.29, 1.82) is 0 Å². The predicted molar refractivity (Wildman–Crippen MR) is 91.4 cm³/mol. The van der Waals surface area contributed by atoms with Crippen LogP contribution in [-0.4, -0.2) is 20.8 Å². The van der Waals surface area contributed by atoms with E-state index in [2.05, 4.69) is 11.4 Å². The summed E-state index contributed by atoms with van der Waals surface area (Å²) in [6.07, 6.45) is 8.59. The zero-order chi connectivity index (χ0) is 15.6. The van der Waals surface area contributed by atoms with Crippen molar-refractivity contribution in [3.05, 3.63) is 17.7 Å². The van der Waals surface area contributed by atoms with Gasteiger partial charge in [-0.2, -0.15) is 0 Å². The summed E-state index contributed by atoms with van der Waals surface area (Å²) >= 11 is 0. The average molecular weight is 313 g/mol. The summed E-state index contributed by atoms with van der Waals surface area (Å²) in [5.41, 5.74) is 3.11. The first-order valence-electron chi connectivity index (χ1n) is 9.25. The summed E-state index contributed by atoms with van der Waals surface area (Å²) < 4.78 is 11.3. The molecule has 4 bridgehead atoms. The molecule has 3 heteroatoms. The molecule has 4 fully saturated rings. The first-order valence-corrected chi connectivity index (χ1v) is 9.25. The van der Waals surface area contributed by atoms with Gasteiger partial charge in [0, 0.05) is 18.0 Å². The summed E-state index contributed by atoms with van der Waals surface area (Å²) in [4.78, 5) is 0. The molecular weight excluding hydrogens is 286 g/mol. The molecule has 0 aromatic heterocycles. The summed E-state index contributed by atoms with van der Waals surface area (Å²) in [5, 5.41) is 3.64. The number of benzene rings is 1. The molecule has 1 aromatic carbocycles. The van der Waals surface area contributed by atoms with Crippen LogP contribution in [0.1, 0.15) is 44.1 Å². The van der Waals surface area contributed by atoms with Gasteiger partial charge in [0.15, 0.2) is 0 Å². The van der Waals surface area contributed by atoms with Crippen LogP contribution < -0.4 is 14.8 Å². The van der Waals surface area contributed by atoms with Crippen LogP contribution in [0.5, 0.6) is 11.5 Å². The van der Waals surface area contributed by atoms with Crippen LogP contribution in [0.15, 0.2) is 12.1 Å². The van der Waals surface area contributed by atoms with Crippen LogP contribution in [0.3, 0.4) is 0 Å². The predicted octanol–water partition coefficient (Wildman–Crippen LogP) is 4.21. The largest absolute Gasteiger partial charge is 0.497 e. The van der Waals surface area contributed by atoms with Gasteiger partial charge in [0.2, 0.25) is 0 Å². The summed E-state index contributed by atoms with van der Waals surface area (Å²) in [6, 6.07) is 4.34. The lowest BCUT2D eigenvalue weighted by Gasteiger charge is -2.63. The van der Waals surface area contributed by atoms with Crippen molar-refractivity contribution in [2.45, 2.75) is 43.9 Å². The van der Waals surface area contributed by atoms with Gasteiger partial charge < -0.3 is 14.8 Å². The molecule has 6 rings (SSSR count). The second-order valence-electron chi connectivity index (χ2n) is 8.27. The lowest BCUT2D eigenvalue weighted by molar-refractivity contribution is -0.0647. The van der Waals surface area contributed by atoms with Crippen molar-refractivity contribution in [1.82, 2.24) is 0 Å². The summed E-state index contributed by atoms with van der Waals surface area (Å²) in [6.45, 7) is 1.08. The maximum atomic E-state index is 5.70. The fraction of sp³-hybridized carbons (Fsp3) is 0.700. The van der Waals surface area contributed by atoms with Crippen molar-refractivity contribution >= 4 is 5.69 Å². The van der Waals surface area contributed by atoms with Gasteiger partial charge >= 0.3 is 0 Å². The molecule has 4 saturated carbocycles. The van der Waals surface area contributed by atoms with Crippen molar-refractivity contribution in [2.24, 2.45) is 23.7 Å². The normalized spacial score (nSPS) is 39.9. The number of nitrogens with one attached hydrogen (secondary N) is 1. The molecule has 5 aliphatic rings. The number of ether oxygens (including phenoxy) is 2. The quantitative estimate of drug-likeness (QED) is 0.887. The van der Waals surface area contributed by atoms with Crippen LogP contribution in [-0.2, 0) is 5.41 Å². The molecule has 1 N–H and O–H groups in total. The number of fused-ring (bicyclic) bond motifs is 1. The van der Waals surface area contributed by atoms with Crippen molar-refractivity contribution in [2.75, 3.05) is 26.1 Å². The Hall–Kier alpha value is -1.38. The molecule has 0 amide bonds. The molecule has 1 aromatic rings. The highest BCUT2D eigenvalue weighted by molar-refractivity contribution is 5.69. The van der Waals surface area contributed by atoms with Gasteiger partial charge in [-0.15, -0.1) is 0 Å². The first kappa shape index (κ1) is 14.0. The van der Waals surface area contributed by atoms with E-state index in [9.17, 15) is 0 Å². The van der Waals surface area contributed by atoms with Crippen LogP contribution in [0.25, 0.3) is 0 Å². The maximum Gasteiger partial charge on any atom is 0.145 e. The molecule has 0 radical (unpaired) electrons. The average Bonchev–Trinajstić information content (AvgIpc) is 2.58. The van der Waals surface area contributed by atoms with E-state index in [1.54, 1.807) is 14.2 Å². The number of rotatable bonds is 2. The Balaban J connectivity index is 1.69. The summed E-state index contributed by atoms with van der Waals surface area (Å²) in [5.74, 6) is 5.65. The third kappa shape index (κ3) is 1.77. The van der Waals surface area contributed by atoms with Crippen molar-refractivity contribution in [3.63, 3.8) is 0 Å². The minimum absolute atomic E-state index is 0.371. The van der Waals surface area contributed by atoms with E-state index in [0.29, 0.717) is 5.41 Å². The Morgan fingerprint density at radius 1 is 0.957 bits per heavy atom. The zero-order valence-electron chi connectivity index (χ0n) is 14.2. The van der Waals surface area contributed by atoms with E-state index in [1.165, 1.54) is 49.8 Å². The van der Waals surface area contributed by atoms with Crippen LogP contribution >= 0.6 is 0 Å². The van der Waals surface area contributed by atoms with Gasteiger partial charge in [0.05, 0.1) is 19.9 Å².